The molecule has 0 saturated carbocycles. The number of nitrogens with zero attached hydrogens (tertiary/aromatic N) is 3. The van der Waals surface area contributed by atoms with Crippen LogP contribution in [0.4, 0.5) is 10.8 Å². The van der Waals surface area contributed by atoms with E-state index in [4.69, 9.17) is 11.6 Å². The molecular weight excluding hydrogens is 416 g/mol. The van der Waals surface area contributed by atoms with Crippen molar-refractivity contribution >= 4 is 61.4 Å². The molecule has 1 heterocycles. The summed E-state index contributed by atoms with van der Waals surface area (Å²) in [6.07, 6.45) is 2.77. The normalized spacial score (nSPS) is 12.4. The Bertz CT molecular complexity index is 901. The molecule has 0 spiro atoms. The molecule has 0 aliphatic carbocycles. The van der Waals surface area contributed by atoms with Gasteiger partial charge < -0.3 is 0 Å². The number of rotatable bonds is 8. The average Bonchev–Trinajstić information content (AvgIpc) is 2.99. The van der Waals surface area contributed by atoms with Crippen LogP contribution in [0.2, 0.25) is 5.02 Å². The minimum absolute atomic E-state index is 0.299. The van der Waals surface area contributed by atoms with Gasteiger partial charge in [0.25, 0.3) is 0 Å². The van der Waals surface area contributed by atoms with E-state index >= 15 is 0 Å². The highest BCUT2D eigenvalue weighted by Crippen LogP contribution is 2.27. The van der Waals surface area contributed by atoms with Crippen molar-refractivity contribution in [2.45, 2.75) is 17.3 Å². The molecule has 0 aliphatic heterocycles. The number of carbonyl (C=O) groups is 1. The summed E-state index contributed by atoms with van der Waals surface area (Å²) in [5.41, 5.74) is 0.308. The van der Waals surface area contributed by atoms with Gasteiger partial charge in [-0.05, 0) is 25.1 Å². The van der Waals surface area contributed by atoms with E-state index in [9.17, 15) is 13.2 Å². The Morgan fingerprint density at radius 3 is 2.85 bits per heavy atom. The van der Waals surface area contributed by atoms with Crippen LogP contribution in [-0.2, 0) is 14.8 Å². The molecule has 7 nitrogen and oxygen atoms in total. The second-order valence-electron chi connectivity index (χ2n) is 5.18. The molecule has 26 heavy (non-hydrogen) atoms. The summed E-state index contributed by atoms with van der Waals surface area (Å²) in [4.78, 5) is 12.5. The molecule has 0 fully saturated rings. The number of amides is 1. The monoisotopic (exact) mass is 432 g/mol. The van der Waals surface area contributed by atoms with Crippen LogP contribution in [0, 0.1) is 0 Å². The number of benzene rings is 1. The van der Waals surface area contributed by atoms with E-state index in [-0.39, 0.29) is 0 Å². The predicted molar refractivity (Wildman–Crippen MR) is 108 cm³/mol. The molecule has 1 N–H and O–H groups in total. The molecular formula is C15H17ClN4O3S3. The van der Waals surface area contributed by atoms with Crippen LogP contribution in [0.15, 0.2) is 41.3 Å². The highest BCUT2D eigenvalue weighted by atomic mass is 35.5. The summed E-state index contributed by atoms with van der Waals surface area (Å²) in [6.45, 7) is 5.12. The fourth-order valence-electron chi connectivity index (χ4n) is 2.08. The minimum atomic E-state index is -3.71. The number of hydrogen-bond donors (Lipinski definition) is 1. The van der Waals surface area contributed by atoms with Crippen LogP contribution in [0.1, 0.15) is 6.92 Å². The van der Waals surface area contributed by atoms with Crippen molar-refractivity contribution in [2.24, 2.45) is 0 Å². The van der Waals surface area contributed by atoms with Crippen LogP contribution >= 0.6 is 34.7 Å². The Hall–Kier alpha value is -1.62. The van der Waals surface area contributed by atoms with Gasteiger partial charge in [-0.2, -0.15) is 0 Å². The van der Waals surface area contributed by atoms with Crippen molar-refractivity contribution in [2.75, 3.05) is 21.6 Å². The SMILES string of the molecule is C=CCSc1nnc(NC(=O)[C@@H](C)N(c2cccc(Cl)c2)S(C)(=O)=O)s1. The summed E-state index contributed by atoms with van der Waals surface area (Å²) < 4.78 is 26.2. The van der Waals surface area contributed by atoms with Crippen LogP contribution in [0.25, 0.3) is 0 Å². The number of thioether (sulfide) groups is 1. The maximum Gasteiger partial charge on any atom is 0.249 e. The van der Waals surface area contributed by atoms with Gasteiger partial charge in [0.15, 0.2) is 4.34 Å². The van der Waals surface area contributed by atoms with E-state index < -0.39 is 22.0 Å². The Morgan fingerprint density at radius 1 is 1.50 bits per heavy atom. The molecule has 2 rings (SSSR count). The minimum Gasteiger partial charge on any atom is -0.299 e. The number of hydrogen-bond acceptors (Lipinski definition) is 7. The first-order valence-corrected chi connectivity index (χ1v) is 11.4. The molecule has 0 bridgehead atoms. The highest BCUT2D eigenvalue weighted by molar-refractivity contribution is 8.01. The molecule has 1 aromatic carbocycles. The zero-order valence-electron chi connectivity index (χ0n) is 14.0. The van der Waals surface area contributed by atoms with Crippen molar-refractivity contribution in [3.05, 3.63) is 41.9 Å². The van der Waals surface area contributed by atoms with Crippen LogP contribution in [0.3, 0.4) is 0 Å². The molecule has 11 heteroatoms. The van der Waals surface area contributed by atoms with Crippen LogP contribution in [-0.4, -0.2) is 42.6 Å². The molecule has 2 aromatic rings. The molecule has 1 aromatic heterocycles. The van der Waals surface area contributed by atoms with E-state index in [1.165, 1.54) is 36.1 Å². The van der Waals surface area contributed by atoms with Gasteiger partial charge in [0.05, 0.1) is 11.9 Å². The summed E-state index contributed by atoms with van der Waals surface area (Å²) in [5.74, 6) is 0.155. The Morgan fingerprint density at radius 2 is 2.23 bits per heavy atom. The van der Waals surface area contributed by atoms with Gasteiger partial charge >= 0.3 is 0 Å². The third-order valence-electron chi connectivity index (χ3n) is 3.11. The lowest BCUT2D eigenvalue weighted by Gasteiger charge is -2.27. The van der Waals surface area contributed by atoms with Crippen molar-refractivity contribution in [1.29, 1.82) is 0 Å². The quantitative estimate of drug-likeness (QED) is 0.391. The van der Waals surface area contributed by atoms with Crippen LogP contribution in [0.5, 0.6) is 0 Å². The van der Waals surface area contributed by atoms with E-state index in [2.05, 4.69) is 22.1 Å². The fourth-order valence-corrected chi connectivity index (χ4v) is 4.95. The molecule has 1 amide bonds. The van der Waals surface area contributed by atoms with E-state index in [1.807, 2.05) is 0 Å². The average molecular weight is 433 g/mol. The van der Waals surface area contributed by atoms with Gasteiger partial charge in [0.2, 0.25) is 21.1 Å². The molecule has 0 radical (unpaired) electrons. The lowest BCUT2D eigenvalue weighted by atomic mass is 10.2. The second-order valence-corrected chi connectivity index (χ2v) is 9.72. The maximum absolute atomic E-state index is 12.5. The number of carbonyl (C=O) groups excluding carboxylic acids is 1. The van der Waals surface area contributed by atoms with E-state index in [1.54, 1.807) is 24.3 Å². The standard InChI is InChI=1S/C15H17ClN4O3S3/c1-4-8-24-15-19-18-14(25-15)17-13(21)10(2)20(26(3,22)23)12-7-5-6-11(16)9-12/h4-7,9-10H,1,8H2,2-3H3,(H,17,18,21)/t10-/m1/s1. The van der Waals surface area contributed by atoms with Gasteiger partial charge in [-0.3, -0.25) is 14.4 Å². The van der Waals surface area contributed by atoms with Crippen LogP contribution < -0.4 is 9.62 Å². The molecule has 0 unspecified atom stereocenters. The van der Waals surface area contributed by atoms with Crippen molar-refractivity contribution in [3.63, 3.8) is 0 Å². The smallest absolute Gasteiger partial charge is 0.249 e. The summed E-state index contributed by atoms with van der Waals surface area (Å²) in [5, 5.41) is 11.1. The van der Waals surface area contributed by atoms with E-state index in [0.29, 0.717) is 25.9 Å². The number of anilines is 2. The highest BCUT2D eigenvalue weighted by Gasteiger charge is 2.29. The maximum atomic E-state index is 12.5. The van der Waals surface area contributed by atoms with Gasteiger partial charge in [0, 0.05) is 10.8 Å². The van der Waals surface area contributed by atoms with Crippen molar-refractivity contribution in [3.8, 4) is 0 Å². The Labute approximate surface area is 165 Å². The second kappa shape index (κ2) is 8.85. The molecule has 0 saturated heterocycles. The first-order valence-electron chi connectivity index (χ1n) is 7.35. The molecule has 140 valence electrons. The Kier molecular flexibility index (Phi) is 7.04. The lowest BCUT2D eigenvalue weighted by molar-refractivity contribution is -0.116. The summed E-state index contributed by atoms with van der Waals surface area (Å²) in [7, 11) is -3.71. The first kappa shape index (κ1) is 20.7. The van der Waals surface area contributed by atoms with Gasteiger partial charge in [0.1, 0.15) is 6.04 Å². The van der Waals surface area contributed by atoms with Crippen molar-refractivity contribution in [1.82, 2.24) is 10.2 Å². The lowest BCUT2D eigenvalue weighted by Crippen LogP contribution is -2.45. The topological polar surface area (TPSA) is 92.3 Å². The summed E-state index contributed by atoms with van der Waals surface area (Å²) in [6, 6.07) is 5.30. The largest absolute Gasteiger partial charge is 0.299 e. The molecule has 0 aliphatic rings. The number of halogens is 1. The number of aromatic nitrogens is 2. The van der Waals surface area contributed by atoms with Crippen molar-refractivity contribution < 1.29 is 13.2 Å². The van der Waals surface area contributed by atoms with Gasteiger partial charge in [-0.1, -0.05) is 46.8 Å². The number of sulfonamides is 1. The predicted octanol–water partition coefficient (Wildman–Crippen LogP) is 3.26. The molecule has 1 atom stereocenters. The third-order valence-corrected chi connectivity index (χ3v) is 6.56. The van der Waals surface area contributed by atoms with E-state index in [0.717, 1.165) is 10.6 Å². The zero-order chi connectivity index (χ0) is 19.3. The van der Waals surface area contributed by atoms with Gasteiger partial charge in [-0.15, -0.1) is 16.8 Å². The summed E-state index contributed by atoms with van der Waals surface area (Å²) >= 11 is 8.60. The zero-order valence-corrected chi connectivity index (χ0v) is 17.3. The number of nitrogens with one attached hydrogen (secondary N) is 1. The fraction of sp³-hybridized carbons (Fsp3) is 0.267. The Balaban J connectivity index is 2.20. The van der Waals surface area contributed by atoms with Gasteiger partial charge in [-0.25, -0.2) is 8.42 Å². The third kappa shape index (κ3) is 5.44. The first-order chi connectivity index (χ1) is 12.2.